The lowest BCUT2D eigenvalue weighted by molar-refractivity contribution is -0.137. The van der Waals surface area contributed by atoms with Crippen LogP contribution in [0.4, 0.5) is 13.2 Å². The maximum atomic E-state index is 12.8. The predicted octanol–water partition coefficient (Wildman–Crippen LogP) is 4.19. The maximum absolute atomic E-state index is 12.8. The smallest absolute Gasteiger partial charge is 0.333 e. The molecule has 0 atom stereocenters. The Hall–Kier alpha value is -3.51. The molecule has 0 saturated heterocycles. The molecule has 0 spiro atoms. The number of halogens is 3. The fraction of sp³-hybridized carbons (Fsp3) is 0.190. The Bertz CT molecular complexity index is 1390. The average molecular weight is 478 g/mol. The maximum Gasteiger partial charge on any atom is 0.416 e. The van der Waals surface area contributed by atoms with Gasteiger partial charge in [0.2, 0.25) is 5.82 Å². The van der Waals surface area contributed by atoms with Gasteiger partial charge in [0.05, 0.1) is 27.9 Å². The zero-order valence-corrected chi connectivity index (χ0v) is 17.9. The monoisotopic (exact) mass is 478 g/mol. The highest BCUT2D eigenvalue weighted by Gasteiger charge is 2.30. The van der Waals surface area contributed by atoms with E-state index in [4.69, 9.17) is 4.52 Å². The van der Waals surface area contributed by atoms with Crippen LogP contribution in [0.15, 0.2) is 64.1 Å². The topological polar surface area (TPSA) is 111 Å². The number of alkyl halides is 3. The average Bonchev–Trinajstić information content (AvgIpc) is 3.38. The molecule has 0 aliphatic heterocycles. The van der Waals surface area contributed by atoms with Gasteiger partial charge in [-0.05, 0) is 42.7 Å². The summed E-state index contributed by atoms with van der Waals surface area (Å²) in [6.07, 6.45) is -1.94. The van der Waals surface area contributed by atoms with E-state index in [1.165, 1.54) is 36.5 Å². The van der Waals surface area contributed by atoms with Crippen LogP contribution in [0.1, 0.15) is 16.8 Å². The molecular formula is C21H17F3N4O4S. The van der Waals surface area contributed by atoms with Crippen molar-refractivity contribution in [3.05, 3.63) is 71.5 Å². The molecule has 0 unspecified atom stereocenters. The van der Waals surface area contributed by atoms with E-state index in [9.17, 15) is 26.1 Å². The molecule has 0 radical (unpaired) electrons. The van der Waals surface area contributed by atoms with Gasteiger partial charge in [-0.15, -0.1) is 0 Å². The standard InChI is InChI=1S/C21H17F3N4O4S/c1-28-18(10-7-13-5-8-15(9-6-13)21(22,23)24)17(12-25-28)20-26-19(27-32-20)14-3-2-4-16(11-14)33(29,30)31/h2-6,8-9,11-12H,7,10H2,1H3,(H,29,30,31). The summed E-state index contributed by atoms with van der Waals surface area (Å²) in [5.41, 5.74) is 1.63. The zero-order chi connectivity index (χ0) is 23.8. The fourth-order valence-electron chi connectivity index (χ4n) is 3.31. The van der Waals surface area contributed by atoms with Gasteiger partial charge >= 0.3 is 6.18 Å². The molecule has 2 aromatic carbocycles. The quantitative estimate of drug-likeness (QED) is 0.414. The molecule has 33 heavy (non-hydrogen) atoms. The van der Waals surface area contributed by atoms with E-state index >= 15 is 0 Å². The second kappa shape index (κ2) is 8.45. The Labute approximate surface area is 186 Å². The summed E-state index contributed by atoms with van der Waals surface area (Å²) in [6, 6.07) is 10.4. The van der Waals surface area contributed by atoms with E-state index < -0.39 is 21.9 Å². The van der Waals surface area contributed by atoms with Crippen LogP contribution >= 0.6 is 0 Å². The number of hydrogen-bond donors (Lipinski definition) is 1. The summed E-state index contributed by atoms with van der Waals surface area (Å²) in [5.74, 6) is 0.269. The molecule has 4 rings (SSSR count). The first-order chi connectivity index (χ1) is 15.5. The van der Waals surface area contributed by atoms with Crippen molar-refractivity contribution in [1.29, 1.82) is 0 Å². The van der Waals surface area contributed by atoms with Gasteiger partial charge in [-0.25, -0.2) is 0 Å². The highest BCUT2D eigenvalue weighted by Crippen LogP contribution is 2.30. The molecule has 0 aliphatic carbocycles. The van der Waals surface area contributed by atoms with Crippen molar-refractivity contribution in [2.24, 2.45) is 7.05 Å². The molecule has 0 fully saturated rings. The minimum Gasteiger partial charge on any atom is -0.333 e. The molecule has 12 heteroatoms. The Morgan fingerprint density at radius 2 is 1.82 bits per heavy atom. The molecule has 0 amide bonds. The zero-order valence-electron chi connectivity index (χ0n) is 17.1. The van der Waals surface area contributed by atoms with E-state index in [1.807, 2.05) is 0 Å². The van der Waals surface area contributed by atoms with E-state index in [2.05, 4.69) is 15.2 Å². The third kappa shape index (κ3) is 4.96. The van der Waals surface area contributed by atoms with Gasteiger partial charge in [0.15, 0.2) is 0 Å². The third-order valence-corrected chi connectivity index (χ3v) is 5.89. The van der Waals surface area contributed by atoms with Crippen LogP contribution in [0.2, 0.25) is 0 Å². The summed E-state index contributed by atoms with van der Waals surface area (Å²) >= 11 is 0. The molecule has 0 bridgehead atoms. The minimum absolute atomic E-state index is 0.119. The summed E-state index contributed by atoms with van der Waals surface area (Å²) in [6.45, 7) is 0. The number of rotatable bonds is 6. The molecule has 0 saturated carbocycles. The minimum atomic E-state index is -4.39. The van der Waals surface area contributed by atoms with Crippen molar-refractivity contribution in [2.75, 3.05) is 0 Å². The number of aryl methyl sites for hydroxylation is 2. The summed E-state index contributed by atoms with van der Waals surface area (Å²) in [7, 11) is -2.67. The van der Waals surface area contributed by atoms with E-state index in [-0.39, 0.29) is 16.6 Å². The summed E-state index contributed by atoms with van der Waals surface area (Å²) in [5, 5.41) is 8.09. The Morgan fingerprint density at radius 3 is 2.48 bits per heavy atom. The van der Waals surface area contributed by atoms with Gasteiger partial charge in [-0.1, -0.05) is 29.4 Å². The highest BCUT2D eigenvalue weighted by molar-refractivity contribution is 7.85. The number of hydrogen-bond acceptors (Lipinski definition) is 6. The van der Waals surface area contributed by atoms with Crippen molar-refractivity contribution < 1.29 is 30.7 Å². The normalized spacial score (nSPS) is 12.3. The first-order valence-corrected chi connectivity index (χ1v) is 11.1. The molecule has 2 heterocycles. The molecule has 8 nitrogen and oxygen atoms in total. The number of benzene rings is 2. The van der Waals surface area contributed by atoms with Crippen molar-refractivity contribution in [1.82, 2.24) is 19.9 Å². The number of nitrogens with zero attached hydrogens (tertiary/aromatic N) is 4. The molecular weight excluding hydrogens is 461 g/mol. The summed E-state index contributed by atoms with van der Waals surface area (Å²) in [4.78, 5) is 4.01. The van der Waals surface area contributed by atoms with Crippen LogP contribution < -0.4 is 0 Å². The molecule has 4 aromatic rings. The van der Waals surface area contributed by atoms with Crippen molar-refractivity contribution in [3.8, 4) is 22.8 Å². The van der Waals surface area contributed by atoms with Gasteiger partial charge < -0.3 is 4.52 Å². The van der Waals surface area contributed by atoms with E-state index in [0.29, 0.717) is 24.0 Å². The van der Waals surface area contributed by atoms with Gasteiger partial charge in [-0.3, -0.25) is 9.23 Å². The SMILES string of the molecule is Cn1ncc(-c2nc(-c3cccc(S(=O)(=O)O)c3)no2)c1CCc1ccc(C(F)(F)F)cc1. The van der Waals surface area contributed by atoms with Crippen LogP contribution in [0, 0.1) is 0 Å². The fourth-order valence-corrected chi connectivity index (χ4v) is 3.83. The van der Waals surface area contributed by atoms with Crippen LogP contribution in [0.5, 0.6) is 0 Å². The molecule has 0 aliphatic rings. The van der Waals surface area contributed by atoms with Crippen LogP contribution in [-0.2, 0) is 36.2 Å². The Balaban J connectivity index is 1.56. The largest absolute Gasteiger partial charge is 0.416 e. The molecule has 2 aromatic heterocycles. The lowest BCUT2D eigenvalue weighted by Gasteiger charge is -2.08. The van der Waals surface area contributed by atoms with Crippen LogP contribution in [0.3, 0.4) is 0 Å². The Morgan fingerprint density at radius 1 is 1.09 bits per heavy atom. The highest BCUT2D eigenvalue weighted by atomic mass is 32.2. The summed E-state index contributed by atoms with van der Waals surface area (Å²) < 4.78 is 77.2. The second-order valence-corrected chi connectivity index (χ2v) is 8.67. The van der Waals surface area contributed by atoms with E-state index in [1.54, 1.807) is 17.8 Å². The lowest BCUT2D eigenvalue weighted by atomic mass is 10.0. The van der Waals surface area contributed by atoms with E-state index in [0.717, 1.165) is 23.4 Å². The first kappa shape index (κ1) is 22.7. The Kier molecular flexibility index (Phi) is 5.80. The van der Waals surface area contributed by atoms with Crippen molar-refractivity contribution in [2.45, 2.75) is 23.9 Å². The van der Waals surface area contributed by atoms with Gasteiger partial charge in [-0.2, -0.15) is 31.7 Å². The van der Waals surface area contributed by atoms with Gasteiger partial charge in [0, 0.05) is 12.6 Å². The second-order valence-electron chi connectivity index (χ2n) is 7.25. The number of aromatic nitrogens is 4. The van der Waals surface area contributed by atoms with Crippen LogP contribution in [-0.4, -0.2) is 32.9 Å². The first-order valence-electron chi connectivity index (χ1n) is 9.61. The third-order valence-electron chi connectivity index (χ3n) is 5.04. The van der Waals surface area contributed by atoms with Crippen molar-refractivity contribution >= 4 is 10.1 Å². The lowest BCUT2D eigenvalue weighted by Crippen LogP contribution is -2.05. The van der Waals surface area contributed by atoms with Crippen molar-refractivity contribution in [3.63, 3.8) is 0 Å². The molecule has 1 N–H and O–H groups in total. The van der Waals surface area contributed by atoms with Gasteiger partial charge in [0.1, 0.15) is 0 Å². The van der Waals surface area contributed by atoms with Crippen LogP contribution in [0.25, 0.3) is 22.8 Å². The molecule has 172 valence electrons. The van der Waals surface area contributed by atoms with Gasteiger partial charge in [0.25, 0.3) is 16.0 Å². The predicted molar refractivity (Wildman–Crippen MR) is 111 cm³/mol.